The van der Waals surface area contributed by atoms with Crippen molar-refractivity contribution in [2.24, 2.45) is 0 Å². The first-order valence-electron chi connectivity index (χ1n) is 9.54. The maximum atomic E-state index is 12.9. The molecule has 2 aromatic rings. The van der Waals surface area contributed by atoms with Crippen LogP contribution in [0.15, 0.2) is 52.3 Å². The second-order valence-electron chi connectivity index (χ2n) is 6.86. The number of rotatable bonds is 7. The van der Waals surface area contributed by atoms with Crippen molar-refractivity contribution in [3.63, 3.8) is 0 Å². The largest absolute Gasteiger partial charge is 0.352 e. The first-order valence-corrected chi connectivity index (χ1v) is 11.0. The van der Waals surface area contributed by atoms with E-state index in [4.69, 9.17) is 0 Å². The van der Waals surface area contributed by atoms with E-state index in [1.165, 1.54) is 35.2 Å². The molecule has 6 nitrogen and oxygen atoms in total. The first-order chi connectivity index (χ1) is 13.4. The standard InChI is InChI=1S/C21H24N2O4S/c1-3-23(4-2)13-7-12-22-21(25)15-10-11-17-19(14-15)28(26,27)18-9-6-5-8-16(18)20(17)24/h5-6,8-11,14H,3-4,7,12-13H2,1-2H3,(H,22,25)/p+1. The Hall–Kier alpha value is -2.51. The fourth-order valence-electron chi connectivity index (χ4n) is 3.47. The molecule has 1 aliphatic rings. The number of hydrogen-bond donors (Lipinski definition) is 2. The normalized spacial score (nSPS) is 14.5. The summed E-state index contributed by atoms with van der Waals surface area (Å²) in [5.41, 5.74) is 0.524. The zero-order valence-electron chi connectivity index (χ0n) is 16.1. The quantitative estimate of drug-likeness (QED) is 0.581. The summed E-state index contributed by atoms with van der Waals surface area (Å²) in [6.45, 7) is 7.84. The highest BCUT2D eigenvalue weighted by Gasteiger charge is 2.34. The van der Waals surface area contributed by atoms with Gasteiger partial charge in [-0.2, -0.15) is 0 Å². The van der Waals surface area contributed by atoms with Crippen LogP contribution in [-0.4, -0.2) is 46.3 Å². The van der Waals surface area contributed by atoms with Crippen molar-refractivity contribution in [2.75, 3.05) is 26.2 Å². The SMILES string of the molecule is CC[NH+](CC)CCCNC(=O)c1ccc2c(c1)S(=O)(=O)c1ccccc1C2=O. The van der Waals surface area contributed by atoms with E-state index in [0.717, 1.165) is 26.1 Å². The topological polar surface area (TPSA) is 84.8 Å². The maximum absolute atomic E-state index is 12.9. The van der Waals surface area contributed by atoms with Gasteiger partial charge in [-0.15, -0.1) is 0 Å². The van der Waals surface area contributed by atoms with Gasteiger partial charge in [-0.1, -0.05) is 12.1 Å². The Morgan fingerprint density at radius 3 is 2.39 bits per heavy atom. The average molecular weight is 402 g/mol. The summed E-state index contributed by atoms with van der Waals surface area (Å²) in [6.07, 6.45) is 0.845. The molecule has 0 saturated heterocycles. The smallest absolute Gasteiger partial charge is 0.251 e. The minimum Gasteiger partial charge on any atom is -0.352 e. The van der Waals surface area contributed by atoms with Gasteiger partial charge >= 0.3 is 0 Å². The molecule has 1 heterocycles. The summed E-state index contributed by atoms with van der Waals surface area (Å²) in [7, 11) is -3.84. The number of amides is 1. The van der Waals surface area contributed by atoms with Gasteiger partial charge in [0.05, 0.1) is 29.4 Å². The number of hydrogen-bond acceptors (Lipinski definition) is 4. The van der Waals surface area contributed by atoms with Crippen LogP contribution in [-0.2, 0) is 9.84 Å². The van der Waals surface area contributed by atoms with Crippen LogP contribution < -0.4 is 10.2 Å². The molecule has 2 N–H and O–H groups in total. The van der Waals surface area contributed by atoms with Crippen molar-refractivity contribution in [1.82, 2.24) is 5.32 Å². The van der Waals surface area contributed by atoms with Crippen molar-refractivity contribution < 1.29 is 22.9 Å². The maximum Gasteiger partial charge on any atom is 0.251 e. The van der Waals surface area contributed by atoms with Gasteiger partial charge in [0.15, 0.2) is 5.78 Å². The number of sulfone groups is 1. The van der Waals surface area contributed by atoms with Crippen molar-refractivity contribution >= 4 is 21.5 Å². The molecule has 0 fully saturated rings. The summed E-state index contributed by atoms with van der Waals surface area (Å²) in [6, 6.07) is 10.4. The van der Waals surface area contributed by atoms with Crippen LogP contribution in [0.2, 0.25) is 0 Å². The molecule has 0 aromatic heterocycles. The molecule has 0 atom stereocenters. The van der Waals surface area contributed by atoms with Crippen LogP contribution in [0.25, 0.3) is 0 Å². The molecular weight excluding hydrogens is 376 g/mol. The van der Waals surface area contributed by atoms with Crippen LogP contribution in [0, 0.1) is 0 Å². The van der Waals surface area contributed by atoms with Gasteiger partial charge in [-0.25, -0.2) is 8.42 Å². The minimum absolute atomic E-state index is 0.00717. The molecule has 0 unspecified atom stereocenters. The number of ketones is 1. The molecule has 0 aliphatic carbocycles. The highest BCUT2D eigenvalue weighted by molar-refractivity contribution is 7.91. The zero-order valence-corrected chi connectivity index (χ0v) is 16.9. The van der Waals surface area contributed by atoms with Crippen LogP contribution in [0.5, 0.6) is 0 Å². The molecule has 0 radical (unpaired) electrons. The lowest BCUT2D eigenvalue weighted by molar-refractivity contribution is -0.896. The Kier molecular flexibility index (Phi) is 5.96. The molecule has 1 amide bonds. The number of carbonyl (C=O) groups is 2. The van der Waals surface area contributed by atoms with Crippen molar-refractivity contribution in [3.05, 3.63) is 59.2 Å². The molecule has 28 heavy (non-hydrogen) atoms. The van der Waals surface area contributed by atoms with Crippen LogP contribution in [0.4, 0.5) is 0 Å². The summed E-state index contributed by atoms with van der Waals surface area (Å²) < 4.78 is 25.9. The van der Waals surface area contributed by atoms with E-state index in [-0.39, 0.29) is 38.2 Å². The number of quaternary nitrogens is 1. The summed E-state index contributed by atoms with van der Waals surface area (Å²) in [4.78, 5) is 26.5. The van der Waals surface area contributed by atoms with Gasteiger partial charge in [0.25, 0.3) is 5.91 Å². The first kappa shape index (κ1) is 20.2. The monoisotopic (exact) mass is 401 g/mol. The average Bonchev–Trinajstić information content (AvgIpc) is 2.72. The number of benzene rings is 2. The highest BCUT2D eigenvalue weighted by Crippen LogP contribution is 2.34. The van der Waals surface area contributed by atoms with Crippen molar-refractivity contribution in [1.29, 1.82) is 0 Å². The van der Waals surface area contributed by atoms with Crippen molar-refractivity contribution in [3.8, 4) is 0 Å². The minimum atomic E-state index is -3.84. The lowest BCUT2D eigenvalue weighted by Gasteiger charge is -2.19. The highest BCUT2D eigenvalue weighted by atomic mass is 32.2. The van der Waals surface area contributed by atoms with E-state index in [1.54, 1.807) is 12.1 Å². The predicted molar refractivity (Wildman–Crippen MR) is 106 cm³/mol. The van der Waals surface area contributed by atoms with E-state index < -0.39 is 9.84 Å². The van der Waals surface area contributed by atoms with Gasteiger partial charge < -0.3 is 10.2 Å². The molecule has 0 bridgehead atoms. The number of nitrogens with one attached hydrogen (secondary N) is 2. The van der Waals surface area contributed by atoms with E-state index in [2.05, 4.69) is 19.2 Å². The lowest BCUT2D eigenvalue weighted by atomic mass is 10.0. The number of carbonyl (C=O) groups excluding carboxylic acids is 2. The zero-order chi connectivity index (χ0) is 20.3. The lowest BCUT2D eigenvalue weighted by Crippen LogP contribution is -3.11. The molecule has 0 spiro atoms. The van der Waals surface area contributed by atoms with E-state index >= 15 is 0 Å². The molecule has 0 saturated carbocycles. The van der Waals surface area contributed by atoms with E-state index in [0.29, 0.717) is 6.54 Å². The Morgan fingerprint density at radius 1 is 1.00 bits per heavy atom. The van der Waals surface area contributed by atoms with Gasteiger partial charge in [-0.3, -0.25) is 9.59 Å². The van der Waals surface area contributed by atoms with Gasteiger partial charge in [-0.05, 0) is 44.2 Å². The molecule has 1 aliphatic heterocycles. The third-order valence-corrected chi connectivity index (χ3v) is 7.04. The van der Waals surface area contributed by atoms with Gasteiger partial charge in [0.2, 0.25) is 9.84 Å². The molecular formula is C21H25N2O4S+. The van der Waals surface area contributed by atoms with Gasteiger partial charge in [0.1, 0.15) is 0 Å². The van der Waals surface area contributed by atoms with E-state index in [1.807, 2.05) is 0 Å². The van der Waals surface area contributed by atoms with Crippen molar-refractivity contribution in [2.45, 2.75) is 30.1 Å². The van der Waals surface area contributed by atoms with Gasteiger partial charge in [0, 0.05) is 29.7 Å². The predicted octanol–water partition coefficient (Wildman–Crippen LogP) is 1.11. The van der Waals surface area contributed by atoms with E-state index in [9.17, 15) is 18.0 Å². The third-order valence-electron chi connectivity index (χ3n) is 5.19. The third kappa shape index (κ3) is 3.72. The van der Waals surface area contributed by atoms with Crippen LogP contribution in [0.1, 0.15) is 46.5 Å². The second kappa shape index (κ2) is 8.24. The summed E-state index contributed by atoms with van der Waals surface area (Å²) in [5.74, 6) is -0.673. The summed E-state index contributed by atoms with van der Waals surface area (Å²) in [5, 5.41) is 2.84. The second-order valence-corrected chi connectivity index (χ2v) is 8.74. The Morgan fingerprint density at radius 2 is 1.68 bits per heavy atom. The molecule has 148 valence electrons. The molecule has 3 rings (SSSR count). The number of fused-ring (bicyclic) bond motifs is 2. The van der Waals surface area contributed by atoms with Crippen LogP contribution >= 0.6 is 0 Å². The Balaban J connectivity index is 1.79. The van der Waals surface area contributed by atoms with Crippen LogP contribution in [0.3, 0.4) is 0 Å². The fourth-order valence-corrected chi connectivity index (χ4v) is 5.15. The molecule has 2 aromatic carbocycles. The summed E-state index contributed by atoms with van der Waals surface area (Å²) >= 11 is 0. The fraction of sp³-hybridized carbons (Fsp3) is 0.333. The Labute approximate surface area is 165 Å². The molecule has 7 heteroatoms. The Bertz CT molecular complexity index is 1010.